The van der Waals surface area contributed by atoms with Gasteiger partial charge in [-0.2, -0.15) is 0 Å². The van der Waals surface area contributed by atoms with Gasteiger partial charge in [-0.25, -0.2) is 4.79 Å². The van der Waals surface area contributed by atoms with Gasteiger partial charge in [-0.1, -0.05) is 36.5 Å². The molecule has 0 amide bonds. The molecule has 0 radical (unpaired) electrons. The molecule has 0 aliphatic rings. The fraction of sp³-hybridized carbons (Fsp3) is 0.208. The molecule has 0 aliphatic heterocycles. The summed E-state index contributed by atoms with van der Waals surface area (Å²) in [5.41, 5.74) is 3.06. The van der Waals surface area contributed by atoms with Crippen molar-refractivity contribution < 1.29 is 4.42 Å². The minimum atomic E-state index is -0.339. The van der Waals surface area contributed by atoms with Crippen LogP contribution < -0.4 is 10.5 Å². The molecule has 0 N–H and O–H groups in total. The van der Waals surface area contributed by atoms with E-state index in [1.54, 1.807) is 17.8 Å². The van der Waals surface area contributed by atoms with Gasteiger partial charge in [0.2, 0.25) is 0 Å². The van der Waals surface area contributed by atoms with Crippen molar-refractivity contribution in [3.8, 4) is 0 Å². The van der Waals surface area contributed by atoms with E-state index in [2.05, 4.69) is 50.4 Å². The lowest BCUT2D eigenvalue weighted by atomic mass is 10.1. The summed E-state index contributed by atoms with van der Waals surface area (Å²) in [5.74, 6) is 0. The highest BCUT2D eigenvalue weighted by molar-refractivity contribution is 8.03. The van der Waals surface area contributed by atoms with E-state index >= 15 is 0 Å². The second-order valence-electron chi connectivity index (χ2n) is 6.55. The lowest BCUT2D eigenvalue weighted by Gasteiger charge is -2.20. The van der Waals surface area contributed by atoms with Crippen molar-refractivity contribution >= 4 is 34.5 Å². The van der Waals surface area contributed by atoms with Crippen molar-refractivity contribution in [1.82, 2.24) is 0 Å². The quantitative estimate of drug-likeness (QED) is 0.270. The van der Waals surface area contributed by atoms with E-state index in [1.807, 2.05) is 36.4 Å². The summed E-state index contributed by atoms with van der Waals surface area (Å²) in [7, 11) is 0. The molecule has 0 saturated carbocycles. The minimum Gasteiger partial charge on any atom is -0.422 e. The Morgan fingerprint density at radius 3 is 2.61 bits per heavy atom. The Bertz CT molecular complexity index is 1080. The van der Waals surface area contributed by atoms with Crippen LogP contribution >= 0.6 is 11.8 Å². The molecule has 3 rings (SSSR count). The van der Waals surface area contributed by atoms with Crippen molar-refractivity contribution in [3.63, 3.8) is 0 Å². The maximum atomic E-state index is 12.4. The van der Waals surface area contributed by atoms with Crippen LogP contribution in [0.15, 0.2) is 80.2 Å². The average molecular weight is 392 g/mol. The van der Waals surface area contributed by atoms with Gasteiger partial charge in [-0.3, -0.25) is 0 Å². The molecular weight excluding hydrogens is 366 g/mol. The molecule has 0 unspecified atom stereocenters. The van der Waals surface area contributed by atoms with Crippen LogP contribution in [0.1, 0.15) is 25.0 Å². The van der Waals surface area contributed by atoms with Gasteiger partial charge < -0.3 is 9.32 Å². The number of aryl methyl sites for hydroxylation is 1. The topological polar surface area (TPSA) is 33.5 Å². The van der Waals surface area contributed by atoms with Crippen LogP contribution in [-0.2, 0) is 0 Å². The molecule has 0 saturated heterocycles. The van der Waals surface area contributed by atoms with E-state index in [1.165, 1.54) is 5.56 Å². The predicted octanol–water partition coefficient (Wildman–Crippen LogP) is 6.27. The molecule has 4 heteroatoms. The summed E-state index contributed by atoms with van der Waals surface area (Å²) in [4.78, 5) is 16.7. The van der Waals surface area contributed by atoms with Crippen molar-refractivity contribution in [3.05, 3.63) is 87.6 Å². The molecule has 3 aromatic rings. The molecule has 2 aromatic carbocycles. The van der Waals surface area contributed by atoms with Gasteiger partial charge in [0.25, 0.3) is 0 Å². The highest BCUT2D eigenvalue weighted by Crippen LogP contribution is 2.29. The first-order valence-corrected chi connectivity index (χ1v) is 10.3. The highest BCUT2D eigenvalue weighted by atomic mass is 32.2. The standard InChI is InChI=1S/C24H25NO2S/c1-5-25(6-2)21-14-13-19-15-20(24(26)27-22(19)16-21)12-11-18(4)28-23-10-8-7-9-17(23)3/h7-16H,4-6H2,1-3H3/b12-11+. The van der Waals surface area contributed by atoms with Crippen LogP contribution in [0.4, 0.5) is 5.69 Å². The molecule has 1 heterocycles. The van der Waals surface area contributed by atoms with Crippen LogP contribution in [0.25, 0.3) is 17.0 Å². The van der Waals surface area contributed by atoms with Gasteiger partial charge in [-0.15, -0.1) is 0 Å². The van der Waals surface area contributed by atoms with Gasteiger partial charge in [0, 0.05) is 40.0 Å². The second-order valence-corrected chi connectivity index (χ2v) is 7.72. The normalized spacial score (nSPS) is 11.2. The monoisotopic (exact) mass is 391 g/mol. The molecule has 144 valence electrons. The average Bonchev–Trinajstić information content (AvgIpc) is 2.69. The highest BCUT2D eigenvalue weighted by Gasteiger charge is 2.07. The maximum absolute atomic E-state index is 12.4. The number of hydrogen-bond donors (Lipinski definition) is 0. The van der Waals surface area contributed by atoms with Crippen molar-refractivity contribution in [2.45, 2.75) is 25.7 Å². The Morgan fingerprint density at radius 2 is 1.89 bits per heavy atom. The molecule has 0 fully saturated rings. The lowest BCUT2D eigenvalue weighted by Crippen LogP contribution is -2.21. The van der Waals surface area contributed by atoms with Gasteiger partial charge in [0.15, 0.2) is 0 Å². The third-order valence-corrected chi connectivity index (χ3v) is 5.73. The predicted molar refractivity (Wildman–Crippen MR) is 121 cm³/mol. The van der Waals surface area contributed by atoms with E-state index in [9.17, 15) is 4.79 Å². The summed E-state index contributed by atoms with van der Waals surface area (Å²) in [6, 6.07) is 16.0. The minimum absolute atomic E-state index is 0.339. The maximum Gasteiger partial charge on any atom is 0.343 e. The second kappa shape index (κ2) is 8.98. The van der Waals surface area contributed by atoms with Crippen molar-refractivity contribution in [2.75, 3.05) is 18.0 Å². The summed E-state index contributed by atoms with van der Waals surface area (Å²) in [5, 5.41) is 0.910. The number of thioether (sulfide) groups is 1. The Balaban J connectivity index is 1.83. The molecule has 3 nitrogen and oxygen atoms in total. The van der Waals surface area contributed by atoms with E-state index < -0.39 is 0 Å². The number of benzene rings is 2. The van der Waals surface area contributed by atoms with E-state index in [0.717, 1.165) is 34.0 Å². The lowest BCUT2D eigenvalue weighted by molar-refractivity contribution is 0.559. The molecule has 0 atom stereocenters. The SMILES string of the molecule is C=C(/C=C/c1cc2ccc(N(CC)CC)cc2oc1=O)Sc1ccccc1C. The fourth-order valence-electron chi connectivity index (χ4n) is 3.05. The van der Waals surface area contributed by atoms with Crippen molar-refractivity contribution in [2.24, 2.45) is 0 Å². The molecule has 0 spiro atoms. The Morgan fingerprint density at radius 1 is 1.14 bits per heavy atom. The van der Waals surface area contributed by atoms with Crippen molar-refractivity contribution in [1.29, 1.82) is 0 Å². The Kier molecular flexibility index (Phi) is 6.42. The van der Waals surface area contributed by atoms with Gasteiger partial charge in [0.1, 0.15) is 5.58 Å². The third kappa shape index (κ3) is 4.57. The first kappa shape index (κ1) is 20.0. The van der Waals surface area contributed by atoms with Gasteiger partial charge in [-0.05, 0) is 62.8 Å². The Hall–Kier alpha value is -2.72. The van der Waals surface area contributed by atoms with Crippen LogP contribution in [0.3, 0.4) is 0 Å². The van der Waals surface area contributed by atoms with Crippen LogP contribution in [-0.4, -0.2) is 13.1 Å². The number of allylic oxidation sites excluding steroid dienone is 1. The Labute approximate surface area is 170 Å². The third-order valence-electron chi connectivity index (χ3n) is 4.66. The molecule has 0 aliphatic carbocycles. The zero-order valence-electron chi connectivity index (χ0n) is 16.6. The smallest absolute Gasteiger partial charge is 0.343 e. The molecule has 1 aromatic heterocycles. The van der Waals surface area contributed by atoms with Crippen LogP contribution in [0.2, 0.25) is 0 Å². The summed E-state index contributed by atoms with van der Waals surface area (Å²) in [6.07, 6.45) is 3.64. The summed E-state index contributed by atoms with van der Waals surface area (Å²) in [6.45, 7) is 12.2. The molecular formula is C24H25NO2S. The zero-order valence-corrected chi connectivity index (χ0v) is 17.4. The number of hydrogen-bond acceptors (Lipinski definition) is 4. The number of rotatable bonds is 7. The van der Waals surface area contributed by atoms with E-state index in [4.69, 9.17) is 4.42 Å². The van der Waals surface area contributed by atoms with Crippen LogP contribution in [0, 0.1) is 6.92 Å². The number of anilines is 1. The first-order chi connectivity index (χ1) is 13.5. The molecule has 28 heavy (non-hydrogen) atoms. The number of fused-ring (bicyclic) bond motifs is 1. The van der Waals surface area contributed by atoms with E-state index in [-0.39, 0.29) is 5.63 Å². The summed E-state index contributed by atoms with van der Waals surface area (Å²) >= 11 is 1.59. The molecule has 0 bridgehead atoms. The summed E-state index contributed by atoms with van der Waals surface area (Å²) < 4.78 is 5.57. The largest absolute Gasteiger partial charge is 0.422 e. The zero-order chi connectivity index (χ0) is 20.1. The number of nitrogens with zero attached hydrogens (tertiary/aromatic N) is 1. The van der Waals surface area contributed by atoms with Gasteiger partial charge >= 0.3 is 5.63 Å². The van der Waals surface area contributed by atoms with Crippen LogP contribution in [0.5, 0.6) is 0 Å². The van der Waals surface area contributed by atoms with E-state index in [0.29, 0.717) is 11.1 Å². The van der Waals surface area contributed by atoms with Gasteiger partial charge in [0.05, 0.1) is 5.56 Å². The first-order valence-electron chi connectivity index (χ1n) is 9.45. The fourth-order valence-corrected chi connectivity index (χ4v) is 3.84.